The molecule has 0 radical (unpaired) electrons. The Balaban J connectivity index is 1.25. The van der Waals surface area contributed by atoms with Gasteiger partial charge in [0.2, 0.25) is 9.84 Å². The average Bonchev–Trinajstić information content (AvgIpc) is 3.05. The molecule has 3 aromatic rings. The van der Waals surface area contributed by atoms with Crippen LogP contribution in [-0.2, 0) is 20.6 Å². The smallest absolute Gasteiger partial charge is 0.210 e. The van der Waals surface area contributed by atoms with Crippen molar-refractivity contribution >= 4 is 37.2 Å². The van der Waals surface area contributed by atoms with Crippen molar-refractivity contribution in [1.29, 1.82) is 0 Å². The number of nitrogens with zero attached hydrogens (tertiary/aromatic N) is 5. The maximum Gasteiger partial charge on any atom is 0.210 e. The Kier molecular flexibility index (Phi) is 9.77. The van der Waals surface area contributed by atoms with Gasteiger partial charge in [0, 0.05) is 84.9 Å². The van der Waals surface area contributed by atoms with E-state index in [0.717, 1.165) is 58.2 Å². The van der Waals surface area contributed by atoms with Gasteiger partial charge in [-0.2, -0.15) is 0 Å². The molecule has 0 saturated carbocycles. The zero-order valence-corrected chi connectivity index (χ0v) is 28.1. The van der Waals surface area contributed by atoms with E-state index in [2.05, 4.69) is 31.6 Å². The van der Waals surface area contributed by atoms with Crippen molar-refractivity contribution in [2.24, 2.45) is 0 Å². The van der Waals surface area contributed by atoms with E-state index >= 15 is 0 Å². The third-order valence-electron chi connectivity index (χ3n) is 9.76. The van der Waals surface area contributed by atoms with Gasteiger partial charge in [0.1, 0.15) is 4.90 Å². The summed E-state index contributed by atoms with van der Waals surface area (Å²) in [5.74, 6) is -0.716. The van der Waals surface area contributed by atoms with Crippen LogP contribution >= 0.6 is 0 Å². The molecule has 244 valence electrons. The predicted molar refractivity (Wildman–Crippen MR) is 176 cm³/mol. The molecule has 0 amide bonds. The predicted octanol–water partition coefficient (Wildman–Crippen LogP) is 4.02. The number of likely N-dealkylation sites (tertiary alicyclic amines) is 1. The number of likely N-dealkylation sites (N-methyl/N-ethyl adjacent to an activating group) is 1. The van der Waals surface area contributed by atoms with E-state index in [0.29, 0.717) is 46.7 Å². The summed E-state index contributed by atoms with van der Waals surface area (Å²) in [5, 5.41) is 0.640. The second-order valence-corrected chi connectivity index (χ2v) is 15.8. The van der Waals surface area contributed by atoms with Gasteiger partial charge in [0.05, 0.1) is 22.7 Å². The van der Waals surface area contributed by atoms with Crippen molar-refractivity contribution in [3.05, 3.63) is 48.4 Å². The van der Waals surface area contributed by atoms with Crippen molar-refractivity contribution in [2.75, 3.05) is 77.2 Å². The molecule has 3 aliphatic rings. The van der Waals surface area contributed by atoms with Crippen LogP contribution in [0.15, 0.2) is 57.3 Å². The SMILES string of the molecule is CCOc1ccc(S(=O)(=O)c2cnc3ccc([S@](C)=O)cc3c2N2CCC(N3CCC(N4CCN(C)CC4)CC3)CC2)cc1F. The molecular weight excluding hydrogens is 614 g/mol. The van der Waals surface area contributed by atoms with Gasteiger partial charge in [0.15, 0.2) is 11.6 Å². The first-order chi connectivity index (χ1) is 21.7. The second-order valence-electron chi connectivity index (χ2n) is 12.5. The van der Waals surface area contributed by atoms with Crippen LogP contribution in [0.4, 0.5) is 10.1 Å². The van der Waals surface area contributed by atoms with Crippen LogP contribution in [0.2, 0.25) is 0 Å². The Labute approximate surface area is 268 Å². The van der Waals surface area contributed by atoms with E-state index in [9.17, 15) is 17.0 Å². The number of rotatable bonds is 8. The average molecular weight is 658 g/mol. The zero-order chi connectivity index (χ0) is 31.7. The van der Waals surface area contributed by atoms with Crippen LogP contribution in [0.3, 0.4) is 0 Å². The van der Waals surface area contributed by atoms with Gasteiger partial charge < -0.3 is 19.4 Å². The maximum absolute atomic E-state index is 14.8. The molecule has 9 nitrogen and oxygen atoms in total. The number of piperazine rings is 1. The largest absolute Gasteiger partial charge is 0.491 e. The van der Waals surface area contributed by atoms with Crippen molar-refractivity contribution in [3.63, 3.8) is 0 Å². The topological polar surface area (TPSA) is 86.3 Å². The van der Waals surface area contributed by atoms with Crippen LogP contribution in [0, 0.1) is 5.82 Å². The number of sulfone groups is 1. The van der Waals surface area contributed by atoms with E-state index in [-0.39, 0.29) is 22.1 Å². The summed E-state index contributed by atoms with van der Waals surface area (Å²) in [4.78, 5) is 14.8. The highest BCUT2D eigenvalue weighted by molar-refractivity contribution is 7.91. The van der Waals surface area contributed by atoms with E-state index < -0.39 is 26.5 Å². The second kappa shape index (κ2) is 13.6. The number of fused-ring (bicyclic) bond motifs is 1. The minimum absolute atomic E-state index is 0.0121. The standard InChI is InChI=1S/C33H44FN5O4S2/c1-4-43-31-8-6-27(22-29(31)34)45(41,42)32-23-35-30-7-5-26(44(3)40)21-28(30)33(32)39-15-11-24(12-16-39)37-13-9-25(10-14-37)38-19-17-36(2)18-20-38/h5-8,21-25H,4,9-20H2,1-3H3/t44-/m0/s1. The number of hydrogen-bond donors (Lipinski definition) is 0. The molecule has 0 spiro atoms. The van der Waals surface area contributed by atoms with Crippen molar-refractivity contribution in [1.82, 2.24) is 19.7 Å². The fourth-order valence-electron chi connectivity index (χ4n) is 7.15. The van der Waals surface area contributed by atoms with Gasteiger partial charge in [-0.1, -0.05) is 0 Å². The fourth-order valence-corrected chi connectivity index (χ4v) is 9.14. The number of benzene rings is 2. The lowest BCUT2D eigenvalue weighted by atomic mass is 9.96. The van der Waals surface area contributed by atoms with Crippen molar-refractivity contribution in [2.45, 2.75) is 59.4 Å². The summed E-state index contributed by atoms with van der Waals surface area (Å²) in [6, 6.07) is 10.2. The third kappa shape index (κ3) is 6.76. The first kappa shape index (κ1) is 32.3. The Bertz CT molecular complexity index is 1650. The van der Waals surface area contributed by atoms with Crippen LogP contribution in [0.5, 0.6) is 5.75 Å². The number of halogens is 1. The van der Waals surface area contributed by atoms with Gasteiger partial charge in [-0.25, -0.2) is 12.8 Å². The summed E-state index contributed by atoms with van der Waals surface area (Å²) in [7, 11) is -3.21. The molecule has 12 heteroatoms. The van der Waals surface area contributed by atoms with Gasteiger partial charge in [-0.3, -0.25) is 14.1 Å². The first-order valence-corrected chi connectivity index (χ1v) is 19.0. The number of anilines is 1. The number of piperidine rings is 2. The third-order valence-corrected chi connectivity index (χ3v) is 12.4. The normalized spacial score (nSPS) is 20.9. The molecule has 1 aromatic heterocycles. The molecule has 3 aliphatic heterocycles. The quantitative estimate of drug-likeness (QED) is 0.357. The molecule has 1 atom stereocenters. The monoisotopic (exact) mass is 657 g/mol. The number of pyridine rings is 1. The summed E-state index contributed by atoms with van der Waals surface area (Å²) in [5.41, 5.74) is 1.18. The number of aromatic nitrogens is 1. The van der Waals surface area contributed by atoms with Crippen molar-refractivity contribution in [3.8, 4) is 5.75 Å². The Morgan fingerprint density at radius 3 is 2.18 bits per heavy atom. The highest BCUT2D eigenvalue weighted by Crippen LogP contribution is 2.39. The molecule has 0 unspecified atom stereocenters. The molecule has 0 bridgehead atoms. The molecule has 0 N–H and O–H groups in total. The van der Waals surface area contributed by atoms with E-state index in [1.54, 1.807) is 31.4 Å². The van der Waals surface area contributed by atoms with Crippen LogP contribution < -0.4 is 9.64 Å². The van der Waals surface area contributed by atoms with Gasteiger partial charge in [-0.05, 0) is 89.1 Å². The fraction of sp³-hybridized carbons (Fsp3) is 0.545. The molecule has 4 heterocycles. The highest BCUT2D eigenvalue weighted by atomic mass is 32.2. The number of ether oxygens (including phenoxy) is 1. The van der Waals surface area contributed by atoms with Gasteiger partial charge in [0.25, 0.3) is 0 Å². The Morgan fingerprint density at radius 1 is 0.911 bits per heavy atom. The van der Waals surface area contributed by atoms with Crippen LogP contribution in [0.1, 0.15) is 32.6 Å². The zero-order valence-electron chi connectivity index (χ0n) is 26.5. The minimum atomic E-state index is -4.15. The Hall–Kier alpha value is -2.64. The lowest BCUT2D eigenvalue weighted by Gasteiger charge is -2.46. The van der Waals surface area contributed by atoms with E-state index in [4.69, 9.17) is 4.74 Å². The lowest BCUT2D eigenvalue weighted by Crippen LogP contribution is -2.54. The van der Waals surface area contributed by atoms with Crippen LogP contribution in [-0.4, -0.2) is 117 Å². The molecule has 3 saturated heterocycles. The molecule has 6 rings (SSSR count). The summed E-state index contributed by atoms with van der Waals surface area (Å²) >= 11 is 0. The number of hydrogen-bond acceptors (Lipinski definition) is 9. The van der Waals surface area contributed by atoms with E-state index in [1.165, 1.54) is 31.2 Å². The minimum Gasteiger partial charge on any atom is -0.491 e. The molecular formula is C33H44FN5O4S2. The summed E-state index contributed by atoms with van der Waals surface area (Å²) < 4.78 is 60.8. The van der Waals surface area contributed by atoms with Crippen molar-refractivity contribution < 1.29 is 21.8 Å². The highest BCUT2D eigenvalue weighted by Gasteiger charge is 2.34. The summed E-state index contributed by atoms with van der Waals surface area (Å²) in [6.07, 6.45) is 7.21. The molecule has 2 aromatic carbocycles. The first-order valence-electron chi connectivity index (χ1n) is 16.0. The van der Waals surface area contributed by atoms with E-state index in [1.807, 2.05) is 0 Å². The summed E-state index contributed by atoms with van der Waals surface area (Å²) in [6.45, 7) is 10.2. The van der Waals surface area contributed by atoms with Crippen LogP contribution in [0.25, 0.3) is 10.9 Å². The molecule has 0 aliphatic carbocycles. The molecule has 3 fully saturated rings. The molecule has 45 heavy (non-hydrogen) atoms. The van der Waals surface area contributed by atoms with Gasteiger partial charge >= 0.3 is 0 Å². The lowest BCUT2D eigenvalue weighted by molar-refractivity contribution is 0.0495. The van der Waals surface area contributed by atoms with Gasteiger partial charge in [-0.15, -0.1) is 0 Å². The maximum atomic E-state index is 14.8. The Morgan fingerprint density at radius 2 is 1.56 bits per heavy atom.